The van der Waals surface area contributed by atoms with E-state index in [-0.39, 0.29) is 6.04 Å². The maximum atomic E-state index is 5.38. The minimum atomic E-state index is 0.166. The van der Waals surface area contributed by atoms with Crippen LogP contribution in [0, 0.1) is 6.92 Å². The molecule has 1 atom stereocenters. The molecule has 0 aromatic carbocycles. The van der Waals surface area contributed by atoms with Gasteiger partial charge in [0.25, 0.3) is 0 Å². The Balaban J connectivity index is 2.40. The monoisotopic (exact) mass is 267 g/mol. The van der Waals surface area contributed by atoms with Crippen molar-refractivity contribution >= 4 is 33.3 Å². The molecule has 0 aliphatic carbocycles. The molecule has 2 heterocycles. The molecule has 2 rings (SSSR count). The summed E-state index contributed by atoms with van der Waals surface area (Å²) in [5, 5.41) is 4.32. The summed E-state index contributed by atoms with van der Waals surface area (Å²) in [7, 11) is 1.68. The van der Waals surface area contributed by atoms with Crippen molar-refractivity contribution in [1.82, 2.24) is 9.97 Å². The fourth-order valence-electron chi connectivity index (χ4n) is 1.74. The third-order valence-corrected chi connectivity index (χ3v) is 3.39. The molecule has 2 aromatic rings. The number of aryl methyl sites for hydroxylation is 1. The maximum Gasteiger partial charge on any atom is 0.240 e. The zero-order chi connectivity index (χ0) is 13.1. The van der Waals surface area contributed by atoms with E-state index >= 15 is 0 Å². The predicted octanol–water partition coefficient (Wildman–Crippen LogP) is 1.73. The minimum absolute atomic E-state index is 0.166. The normalized spacial score (nSPS) is 12.7. The molecule has 0 fully saturated rings. The number of anilines is 2. The lowest BCUT2D eigenvalue weighted by Crippen LogP contribution is -2.22. The van der Waals surface area contributed by atoms with Crippen LogP contribution in [0.25, 0.3) is 10.2 Å². The molecule has 0 saturated carbocycles. The summed E-state index contributed by atoms with van der Waals surface area (Å²) in [4.78, 5) is 10.8. The lowest BCUT2D eigenvalue weighted by Gasteiger charge is -2.14. The number of hydrogen-bond donors (Lipinski definition) is 3. The van der Waals surface area contributed by atoms with Crippen molar-refractivity contribution in [1.29, 1.82) is 0 Å². The van der Waals surface area contributed by atoms with Crippen molar-refractivity contribution in [2.75, 3.05) is 24.5 Å². The minimum Gasteiger partial charge on any atom is -0.383 e. The average molecular weight is 267 g/mol. The first-order valence-corrected chi connectivity index (χ1v) is 6.46. The number of nitrogens with one attached hydrogen (secondary N) is 2. The highest BCUT2D eigenvalue weighted by Crippen LogP contribution is 2.29. The Morgan fingerprint density at radius 2 is 2.28 bits per heavy atom. The summed E-state index contributed by atoms with van der Waals surface area (Å²) in [6, 6.07) is 2.24. The highest BCUT2D eigenvalue weighted by atomic mass is 32.1. The number of nitrogens with zero attached hydrogens (tertiary/aromatic N) is 2. The van der Waals surface area contributed by atoms with Crippen LogP contribution in [0.2, 0.25) is 0 Å². The molecular weight excluding hydrogens is 250 g/mol. The molecule has 6 nitrogen and oxygen atoms in total. The van der Waals surface area contributed by atoms with E-state index in [2.05, 4.69) is 26.8 Å². The summed E-state index contributed by atoms with van der Waals surface area (Å²) in [6.07, 6.45) is 0. The summed E-state index contributed by atoms with van der Waals surface area (Å²) < 4.78 is 5.11. The van der Waals surface area contributed by atoms with E-state index in [0.717, 1.165) is 16.0 Å². The Morgan fingerprint density at radius 3 is 2.94 bits per heavy atom. The van der Waals surface area contributed by atoms with Gasteiger partial charge in [-0.15, -0.1) is 11.3 Å². The molecule has 0 amide bonds. The van der Waals surface area contributed by atoms with Crippen molar-refractivity contribution < 1.29 is 4.74 Å². The standard InChI is InChI=1S/C11H17N5OS/c1-6(5-17-3)13-9-8-4-7(2)18-10(8)15-11(14-9)16-12/h4,6H,5,12H2,1-3H3,(H2,13,14,15,16). The second kappa shape index (κ2) is 5.47. The number of aromatic nitrogens is 2. The Kier molecular flexibility index (Phi) is 3.95. The van der Waals surface area contributed by atoms with Gasteiger partial charge in [0.15, 0.2) is 0 Å². The number of fused-ring (bicyclic) bond motifs is 1. The van der Waals surface area contributed by atoms with E-state index in [4.69, 9.17) is 10.6 Å². The third kappa shape index (κ3) is 2.69. The summed E-state index contributed by atoms with van der Waals surface area (Å²) >= 11 is 1.62. The topological polar surface area (TPSA) is 85.1 Å². The molecule has 0 aliphatic heterocycles. The smallest absolute Gasteiger partial charge is 0.240 e. The quantitative estimate of drug-likeness (QED) is 0.565. The van der Waals surface area contributed by atoms with E-state index < -0.39 is 0 Å². The van der Waals surface area contributed by atoms with E-state index in [1.807, 2.05) is 13.8 Å². The second-order valence-electron chi connectivity index (χ2n) is 4.12. The Bertz CT molecular complexity index is 541. The van der Waals surface area contributed by atoms with Crippen molar-refractivity contribution in [2.24, 2.45) is 5.84 Å². The van der Waals surface area contributed by atoms with Gasteiger partial charge in [0.05, 0.1) is 12.0 Å². The SMILES string of the molecule is COCC(C)Nc1nc(NN)nc2sc(C)cc12. The fraction of sp³-hybridized carbons (Fsp3) is 0.455. The highest BCUT2D eigenvalue weighted by molar-refractivity contribution is 7.18. The van der Waals surface area contributed by atoms with Crippen molar-refractivity contribution in [3.8, 4) is 0 Å². The van der Waals surface area contributed by atoms with Gasteiger partial charge in [-0.25, -0.2) is 10.8 Å². The first kappa shape index (κ1) is 13.0. The number of hydrogen-bond acceptors (Lipinski definition) is 7. The summed E-state index contributed by atoms with van der Waals surface area (Å²) in [5.74, 6) is 6.58. The van der Waals surface area contributed by atoms with Crippen LogP contribution in [0.3, 0.4) is 0 Å². The number of methoxy groups -OCH3 is 1. The number of nitrogens with two attached hydrogens (primary N) is 1. The van der Waals surface area contributed by atoms with Crippen LogP contribution in [0.4, 0.5) is 11.8 Å². The van der Waals surface area contributed by atoms with Crippen LogP contribution >= 0.6 is 11.3 Å². The molecule has 18 heavy (non-hydrogen) atoms. The summed E-state index contributed by atoms with van der Waals surface area (Å²) in [6.45, 7) is 4.69. The van der Waals surface area contributed by atoms with E-state index in [1.54, 1.807) is 18.4 Å². The average Bonchev–Trinajstić information content (AvgIpc) is 2.69. The van der Waals surface area contributed by atoms with Crippen LogP contribution in [0.1, 0.15) is 11.8 Å². The lowest BCUT2D eigenvalue weighted by molar-refractivity contribution is 0.190. The van der Waals surface area contributed by atoms with E-state index in [0.29, 0.717) is 12.6 Å². The van der Waals surface area contributed by atoms with Crippen molar-refractivity contribution in [3.63, 3.8) is 0 Å². The Labute approximate surface area is 110 Å². The molecule has 0 spiro atoms. The predicted molar refractivity (Wildman–Crippen MR) is 74.9 cm³/mol. The zero-order valence-corrected chi connectivity index (χ0v) is 11.5. The van der Waals surface area contributed by atoms with Gasteiger partial charge >= 0.3 is 0 Å². The first-order chi connectivity index (χ1) is 8.63. The number of rotatable bonds is 5. The number of thiophene rings is 1. The molecular formula is C11H17N5OS. The van der Waals surface area contributed by atoms with Gasteiger partial charge in [-0.3, -0.25) is 5.43 Å². The van der Waals surface area contributed by atoms with Gasteiger partial charge < -0.3 is 10.1 Å². The van der Waals surface area contributed by atoms with Gasteiger partial charge in [-0.05, 0) is 19.9 Å². The van der Waals surface area contributed by atoms with Gasteiger partial charge in [0, 0.05) is 18.0 Å². The molecule has 0 aliphatic rings. The van der Waals surface area contributed by atoms with Crippen LogP contribution < -0.4 is 16.6 Å². The molecule has 98 valence electrons. The fourth-order valence-corrected chi connectivity index (χ4v) is 2.62. The van der Waals surface area contributed by atoms with Gasteiger partial charge in [0.2, 0.25) is 5.95 Å². The second-order valence-corrected chi connectivity index (χ2v) is 5.35. The van der Waals surface area contributed by atoms with Gasteiger partial charge in [-0.1, -0.05) is 0 Å². The molecule has 1 unspecified atom stereocenters. The van der Waals surface area contributed by atoms with Crippen molar-refractivity contribution in [2.45, 2.75) is 19.9 Å². The third-order valence-electron chi connectivity index (χ3n) is 2.44. The molecule has 0 bridgehead atoms. The van der Waals surface area contributed by atoms with E-state index in [9.17, 15) is 0 Å². The molecule has 0 radical (unpaired) electrons. The summed E-state index contributed by atoms with van der Waals surface area (Å²) in [5.41, 5.74) is 2.49. The number of ether oxygens (including phenoxy) is 1. The van der Waals surface area contributed by atoms with Crippen molar-refractivity contribution in [3.05, 3.63) is 10.9 Å². The van der Waals surface area contributed by atoms with Gasteiger partial charge in [0.1, 0.15) is 10.6 Å². The highest BCUT2D eigenvalue weighted by Gasteiger charge is 2.12. The molecule has 2 aromatic heterocycles. The Morgan fingerprint density at radius 1 is 1.50 bits per heavy atom. The van der Waals surface area contributed by atoms with Crippen LogP contribution in [0.15, 0.2) is 6.07 Å². The van der Waals surface area contributed by atoms with Gasteiger partial charge in [-0.2, -0.15) is 4.98 Å². The molecule has 4 N–H and O–H groups in total. The number of hydrazine groups is 1. The molecule has 7 heteroatoms. The lowest BCUT2D eigenvalue weighted by atomic mass is 10.3. The van der Waals surface area contributed by atoms with Crippen LogP contribution in [0.5, 0.6) is 0 Å². The number of nitrogen functional groups attached to an aromatic ring is 1. The first-order valence-electron chi connectivity index (χ1n) is 5.64. The van der Waals surface area contributed by atoms with E-state index in [1.165, 1.54) is 4.88 Å². The van der Waals surface area contributed by atoms with Crippen LogP contribution in [-0.2, 0) is 4.74 Å². The zero-order valence-electron chi connectivity index (χ0n) is 10.7. The Hall–Kier alpha value is -1.44. The van der Waals surface area contributed by atoms with Crippen LogP contribution in [-0.4, -0.2) is 29.7 Å². The molecule has 0 saturated heterocycles. The largest absolute Gasteiger partial charge is 0.383 e. The maximum absolute atomic E-state index is 5.38.